The zero-order valence-electron chi connectivity index (χ0n) is 21.5. The van der Waals surface area contributed by atoms with E-state index in [9.17, 15) is 9.59 Å². The third-order valence-corrected chi connectivity index (χ3v) is 7.96. The summed E-state index contributed by atoms with van der Waals surface area (Å²) in [6.45, 7) is 4.53. The molecule has 0 aromatic heterocycles. The lowest BCUT2D eigenvalue weighted by atomic mass is 9.84. The molecule has 0 atom stereocenters. The van der Waals surface area contributed by atoms with Crippen LogP contribution in [0.15, 0.2) is 54.6 Å². The van der Waals surface area contributed by atoms with Crippen molar-refractivity contribution in [1.82, 2.24) is 4.90 Å². The van der Waals surface area contributed by atoms with Crippen LogP contribution in [0.25, 0.3) is 43.1 Å². The van der Waals surface area contributed by atoms with Gasteiger partial charge in [0, 0.05) is 40.7 Å². The van der Waals surface area contributed by atoms with Crippen LogP contribution < -0.4 is 11.1 Å². The number of carbonyl (C=O) groups excluding carboxylic acids is 2. The fourth-order valence-corrected chi connectivity index (χ4v) is 6.12. The first kappa shape index (κ1) is 23.7. The van der Waals surface area contributed by atoms with Crippen LogP contribution in [0.2, 0.25) is 0 Å². The molecule has 1 aliphatic rings. The molecule has 5 aromatic carbocycles. The van der Waals surface area contributed by atoms with Crippen LogP contribution in [0, 0.1) is 0 Å². The van der Waals surface area contributed by atoms with Gasteiger partial charge in [0.15, 0.2) is 0 Å². The van der Waals surface area contributed by atoms with Gasteiger partial charge in [-0.1, -0.05) is 56.2 Å². The van der Waals surface area contributed by atoms with Crippen molar-refractivity contribution in [3.63, 3.8) is 0 Å². The van der Waals surface area contributed by atoms with E-state index in [4.69, 9.17) is 0 Å². The molecule has 1 heterocycles. The molecule has 6 rings (SSSR count). The molecule has 5 aromatic rings. The zero-order chi connectivity index (χ0) is 25.5. The van der Waals surface area contributed by atoms with Crippen molar-refractivity contribution >= 4 is 60.6 Å². The number of anilines is 1. The predicted molar refractivity (Wildman–Crippen MR) is 153 cm³/mol. The molecule has 0 spiro atoms. The monoisotopic (exact) mass is 492 g/mol. The Labute approximate surface area is 216 Å². The minimum Gasteiger partial charge on any atom is -0.385 e. The summed E-state index contributed by atoms with van der Waals surface area (Å²) in [5.74, 6) is -0.334. The van der Waals surface area contributed by atoms with E-state index < -0.39 is 0 Å². The number of nitrogens with one attached hydrogen (secondary N) is 1. The van der Waals surface area contributed by atoms with E-state index in [0.717, 1.165) is 83.2 Å². The lowest BCUT2D eigenvalue weighted by molar-refractivity contribution is -0.368. The molecule has 0 aliphatic carbocycles. The van der Waals surface area contributed by atoms with Gasteiger partial charge in [-0.05, 0) is 76.2 Å². The molecule has 188 valence electrons. The summed E-state index contributed by atoms with van der Waals surface area (Å²) in [6.07, 6.45) is 6.37. The first-order chi connectivity index (χ1) is 18.2. The number of fused-ring (bicyclic) bond motifs is 2. The van der Waals surface area contributed by atoms with Crippen LogP contribution in [0.3, 0.4) is 0 Å². The van der Waals surface area contributed by atoms with E-state index in [2.05, 4.69) is 60.4 Å². The molecule has 0 bridgehead atoms. The van der Waals surface area contributed by atoms with Gasteiger partial charge in [0.2, 0.25) is 0 Å². The largest absolute Gasteiger partial charge is 0.385 e. The first-order valence-electron chi connectivity index (χ1n) is 13.7. The van der Waals surface area contributed by atoms with E-state index in [1.807, 2.05) is 12.1 Å². The maximum atomic E-state index is 13.5. The summed E-state index contributed by atoms with van der Waals surface area (Å²) in [4.78, 5) is 28.4. The maximum Gasteiger partial charge on any atom is 0.261 e. The van der Waals surface area contributed by atoms with Crippen molar-refractivity contribution in [2.75, 3.05) is 25.0 Å². The van der Waals surface area contributed by atoms with E-state index in [1.54, 1.807) is 0 Å². The van der Waals surface area contributed by atoms with Crippen molar-refractivity contribution in [3.8, 4) is 0 Å². The molecule has 5 heteroatoms. The van der Waals surface area contributed by atoms with Crippen LogP contribution >= 0.6 is 0 Å². The molecule has 5 nitrogen and oxygen atoms in total. The van der Waals surface area contributed by atoms with E-state index in [1.165, 1.54) is 22.1 Å². The van der Waals surface area contributed by atoms with E-state index in [0.29, 0.717) is 17.7 Å². The number of imide groups is 1. The standard InChI is InChI=1S/C32H33N3O2/c1-2-3-7-19-35-31(36)25-13-11-22-20-9-8-10-24-27(34-18-6-4-5-17-33)16-15-21(28(20)24)23-12-14-26(32(35)37)30(25)29(22)23/h8-16,34H,2-7,17-19,33H2,1H3/p+1. The Bertz CT molecular complexity index is 1590. The van der Waals surface area contributed by atoms with Gasteiger partial charge in [0.1, 0.15) is 0 Å². The van der Waals surface area contributed by atoms with Gasteiger partial charge in [-0.3, -0.25) is 14.5 Å². The molecule has 0 radical (unpaired) electrons. The quantitative estimate of drug-likeness (QED) is 0.103. The highest BCUT2D eigenvalue weighted by molar-refractivity contribution is 6.38. The number of nitrogens with zero attached hydrogens (tertiary/aromatic N) is 1. The Kier molecular flexibility index (Phi) is 6.17. The summed E-state index contributed by atoms with van der Waals surface area (Å²) in [5, 5.41) is 12.5. The van der Waals surface area contributed by atoms with Gasteiger partial charge in [-0.25, -0.2) is 0 Å². The highest BCUT2D eigenvalue weighted by atomic mass is 16.2. The van der Waals surface area contributed by atoms with Crippen LogP contribution in [0.1, 0.15) is 66.2 Å². The molecule has 2 amide bonds. The van der Waals surface area contributed by atoms with Gasteiger partial charge in [0.25, 0.3) is 11.8 Å². The van der Waals surface area contributed by atoms with Gasteiger partial charge >= 0.3 is 0 Å². The van der Waals surface area contributed by atoms with Crippen molar-refractivity contribution in [1.29, 1.82) is 0 Å². The van der Waals surface area contributed by atoms with E-state index in [-0.39, 0.29) is 11.8 Å². The minimum atomic E-state index is -0.167. The SMILES string of the molecule is CCCCCN1C(=O)c2ccc3c4cccc5c(NCCCCC[NH3+])ccc(c6ccc(c2c36)C1=O)c54. The normalized spacial score (nSPS) is 13.6. The smallest absolute Gasteiger partial charge is 0.261 e. The maximum absolute atomic E-state index is 13.5. The van der Waals surface area contributed by atoms with Crippen molar-refractivity contribution in [2.24, 2.45) is 0 Å². The second-order valence-electron chi connectivity index (χ2n) is 10.3. The molecule has 0 unspecified atom stereocenters. The number of rotatable bonds is 10. The van der Waals surface area contributed by atoms with Gasteiger partial charge < -0.3 is 11.1 Å². The first-order valence-corrected chi connectivity index (χ1v) is 13.7. The Balaban J connectivity index is 1.52. The molecular formula is C32H34N3O2+. The van der Waals surface area contributed by atoms with Crippen LogP contribution in [0.5, 0.6) is 0 Å². The third-order valence-electron chi connectivity index (χ3n) is 7.96. The van der Waals surface area contributed by atoms with Gasteiger partial charge in [-0.2, -0.15) is 0 Å². The molecule has 1 aliphatic heterocycles. The van der Waals surface area contributed by atoms with Gasteiger partial charge in [-0.15, -0.1) is 0 Å². The predicted octanol–water partition coefficient (Wildman–Crippen LogP) is 6.35. The molecular weight excluding hydrogens is 458 g/mol. The van der Waals surface area contributed by atoms with Crippen LogP contribution in [0.4, 0.5) is 5.69 Å². The number of benzene rings is 5. The fourth-order valence-electron chi connectivity index (χ4n) is 6.12. The third kappa shape index (κ3) is 3.72. The number of quaternary nitrogens is 1. The van der Waals surface area contributed by atoms with E-state index >= 15 is 0 Å². The van der Waals surface area contributed by atoms with Gasteiger partial charge in [0.05, 0.1) is 6.54 Å². The van der Waals surface area contributed by atoms with Crippen LogP contribution in [-0.4, -0.2) is 36.3 Å². The second-order valence-corrected chi connectivity index (χ2v) is 10.3. The summed E-state index contributed by atoms with van der Waals surface area (Å²) < 4.78 is 0. The Morgan fingerprint density at radius 3 is 2.03 bits per heavy atom. The minimum absolute atomic E-state index is 0.167. The van der Waals surface area contributed by atoms with Crippen molar-refractivity contribution in [3.05, 3.63) is 65.7 Å². The Morgan fingerprint density at radius 2 is 1.32 bits per heavy atom. The second kappa shape index (κ2) is 9.64. The Morgan fingerprint density at radius 1 is 0.676 bits per heavy atom. The van der Waals surface area contributed by atoms with Crippen molar-refractivity contribution < 1.29 is 15.3 Å². The highest BCUT2D eigenvalue weighted by Crippen LogP contribution is 2.45. The number of hydrogen-bond acceptors (Lipinski definition) is 3. The summed E-state index contributed by atoms with van der Waals surface area (Å²) in [7, 11) is 0. The highest BCUT2D eigenvalue weighted by Gasteiger charge is 2.33. The molecule has 0 fully saturated rings. The average Bonchev–Trinajstić information content (AvgIpc) is 2.92. The average molecular weight is 493 g/mol. The molecule has 4 N–H and O–H groups in total. The molecule has 0 saturated heterocycles. The summed E-state index contributed by atoms with van der Waals surface area (Å²) in [5.41, 5.74) is 6.37. The summed E-state index contributed by atoms with van der Waals surface area (Å²) >= 11 is 0. The van der Waals surface area contributed by atoms with Crippen molar-refractivity contribution in [2.45, 2.75) is 45.4 Å². The molecule has 0 saturated carbocycles. The number of carbonyl (C=O) groups is 2. The summed E-state index contributed by atoms with van der Waals surface area (Å²) in [6, 6.07) is 18.9. The van der Waals surface area contributed by atoms with Crippen LogP contribution in [-0.2, 0) is 0 Å². The number of unbranched alkanes of at least 4 members (excludes halogenated alkanes) is 4. The zero-order valence-corrected chi connectivity index (χ0v) is 21.5. The fraction of sp³-hybridized carbons (Fsp3) is 0.312. The molecule has 37 heavy (non-hydrogen) atoms. The Hall–Kier alpha value is -3.70. The number of amides is 2. The lowest BCUT2D eigenvalue weighted by Gasteiger charge is -2.28. The number of hydrogen-bond donors (Lipinski definition) is 2. The lowest BCUT2D eigenvalue weighted by Crippen LogP contribution is -2.50. The topological polar surface area (TPSA) is 77.1 Å².